The van der Waals surface area contributed by atoms with Gasteiger partial charge in [0.15, 0.2) is 0 Å². The molecular formula is C40H40Br8Mn2P2. The summed E-state index contributed by atoms with van der Waals surface area (Å²) in [4.78, 5) is 0. The average Bonchev–Trinajstić information content (AvgIpc) is 3.15. The van der Waals surface area contributed by atoms with E-state index in [1.165, 1.54) is 31.8 Å². The minimum atomic E-state index is -1.53. The summed E-state index contributed by atoms with van der Waals surface area (Å²) in [6, 6.07) is 66.0. The first kappa shape index (κ1) is 47.4. The third-order valence-corrected chi connectivity index (χ3v) is 17.1. The molecule has 0 N–H and O–H groups in total. The van der Waals surface area contributed by atoms with E-state index in [1.54, 1.807) is 0 Å². The molecule has 0 aliphatic heterocycles. The van der Waals surface area contributed by atoms with Crippen LogP contribution in [0.25, 0.3) is 0 Å². The van der Waals surface area contributed by atoms with Crippen LogP contribution in [-0.4, -0.2) is 12.3 Å². The SMILES string of the molecule is CC[P+](c1ccccc1)(c1ccccc1)c1ccccc1.CC[P+](c1ccccc1)(c1ccccc1)c1ccccc1.[Br][Mn-]([Br])([Br])[Br].[Br][Mn-]([Br])([Br])[Br]. The van der Waals surface area contributed by atoms with Gasteiger partial charge in [-0.2, -0.15) is 0 Å². The fraction of sp³-hybridized carbons (Fsp3) is 0.100. The molecule has 0 radical (unpaired) electrons. The Morgan fingerprint density at radius 1 is 0.288 bits per heavy atom. The van der Waals surface area contributed by atoms with Crippen molar-refractivity contribution in [1.82, 2.24) is 0 Å². The van der Waals surface area contributed by atoms with Gasteiger partial charge in [0.2, 0.25) is 0 Å². The maximum absolute atomic E-state index is 3.27. The second-order valence-electron chi connectivity index (χ2n) is 10.9. The van der Waals surface area contributed by atoms with Crippen molar-refractivity contribution in [3.05, 3.63) is 182 Å². The van der Waals surface area contributed by atoms with Gasteiger partial charge in [0.25, 0.3) is 0 Å². The van der Waals surface area contributed by atoms with Crippen LogP contribution in [0.3, 0.4) is 0 Å². The zero-order chi connectivity index (χ0) is 38.1. The molecule has 52 heavy (non-hydrogen) atoms. The summed E-state index contributed by atoms with van der Waals surface area (Å²) < 4.78 is 0. The van der Waals surface area contributed by atoms with Crippen LogP contribution in [0.4, 0.5) is 0 Å². The first-order valence-corrected chi connectivity index (χ1v) is 43.3. The summed E-state index contributed by atoms with van der Waals surface area (Å²) in [5.41, 5.74) is -2.75. The molecule has 12 heteroatoms. The van der Waals surface area contributed by atoms with Crippen molar-refractivity contribution in [2.75, 3.05) is 12.3 Å². The third kappa shape index (κ3) is 15.4. The van der Waals surface area contributed by atoms with Gasteiger partial charge < -0.3 is 0 Å². The first-order valence-electron chi connectivity index (χ1n) is 16.0. The molecule has 0 aliphatic carbocycles. The molecule has 6 rings (SSSR count). The predicted molar refractivity (Wildman–Crippen MR) is 263 cm³/mol. The maximum atomic E-state index is 3.27. The van der Waals surface area contributed by atoms with Crippen LogP contribution in [0.5, 0.6) is 0 Å². The fourth-order valence-electron chi connectivity index (χ4n) is 6.08. The Kier molecular flexibility index (Phi) is 22.0. The van der Waals surface area contributed by atoms with E-state index in [9.17, 15) is 0 Å². The number of hydrogen-bond donors (Lipinski definition) is 0. The van der Waals surface area contributed by atoms with Crippen molar-refractivity contribution in [3.63, 3.8) is 0 Å². The Hall–Kier alpha value is 1.06. The molecule has 6 aromatic rings. The standard InChI is InChI=1S/2C20H20P.8BrH.2Mn/c2*1-2-21(18-12-6-3-7-13-18,19-14-8-4-9-15-19)20-16-10-5-11-17-20;;;;;;;;;;/h2*3-17H,2H2,1H3;8*1H;;/q2*+1;;;;;;;;;2*+3/p-8. The Labute approximate surface area is 373 Å². The number of halogens is 8. The van der Waals surface area contributed by atoms with Gasteiger partial charge in [-0.05, 0) is 86.6 Å². The van der Waals surface area contributed by atoms with Crippen molar-refractivity contribution in [2.45, 2.75) is 13.8 Å². The van der Waals surface area contributed by atoms with Crippen molar-refractivity contribution in [1.29, 1.82) is 0 Å². The van der Waals surface area contributed by atoms with E-state index in [2.05, 4.69) is 309 Å². The second kappa shape index (κ2) is 24.1. The summed E-state index contributed by atoms with van der Waals surface area (Å²) in [5, 5.41) is 8.78. The van der Waals surface area contributed by atoms with Gasteiger partial charge in [-0.1, -0.05) is 109 Å². The molecule has 0 heterocycles. The van der Waals surface area contributed by atoms with E-state index in [-0.39, 0.29) is 0 Å². The molecule has 0 saturated heterocycles. The molecule has 0 amide bonds. The molecule has 6 aromatic carbocycles. The Bertz CT molecular complexity index is 1490. The molecule has 0 atom stereocenters. The van der Waals surface area contributed by atoms with Gasteiger partial charge in [-0.15, -0.1) is 0 Å². The second-order valence-corrected chi connectivity index (χ2v) is 90.0. The van der Waals surface area contributed by atoms with Crippen molar-refractivity contribution in [2.24, 2.45) is 0 Å². The number of rotatable bonds is 8. The van der Waals surface area contributed by atoms with Gasteiger partial charge in [0.1, 0.15) is 46.4 Å². The van der Waals surface area contributed by atoms with Crippen LogP contribution in [0, 0.1) is 0 Å². The summed E-state index contributed by atoms with van der Waals surface area (Å²) in [6.45, 7) is 4.64. The van der Waals surface area contributed by atoms with Crippen molar-refractivity contribution in [3.8, 4) is 0 Å². The predicted octanol–water partition coefficient (Wildman–Crippen LogP) is 14.8. The van der Waals surface area contributed by atoms with Gasteiger partial charge >= 0.3 is 124 Å². The first-order chi connectivity index (χ1) is 24.8. The van der Waals surface area contributed by atoms with Crippen molar-refractivity contribution >= 4 is 159 Å². The van der Waals surface area contributed by atoms with Gasteiger partial charge in [0, 0.05) is 0 Å². The van der Waals surface area contributed by atoms with E-state index in [1.807, 2.05) is 0 Å². The molecule has 0 bridgehead atoms. The van der Waals surface area contributed by atoms with Crippen LogP contribution >= 0.6 is 127 Å². The Morgan fingerprint density at radius 3 is 0.500 bits per heavy atom. The number of hydrogen-bond acceptors (Lipinski definition) is 0. The van der Waals surface area contributed by atoms with Crippen LogP contribution in [-0.2, 0) is 11.2 Å². The topological polar surface area (TPSA) is 0 Å². The van der Waals surface area contributed by atoms with E-state index in [4.69, 9.17) is 0 Å². The van der Waals surface area contributed by atoms with Crippen molar-refractivity contribution < 1.29 is 11.2 Å². The molecular weight excluding hydrogens is 1290 g/mol. The van der Waals surface area contributed by atoms with E-state index in [0.717, 1.165) is 12.3 Å². The molecule has 0 nitrogen and oxygen atoms in total. The van der Waals surface area contributed by atoms with E-state index < -0.39 is 25.8 Å². The zero-order valence-electron chi connectivity index (χ0n) is 28.4. The monoisotopic (exact) mass is 1320 g/mol. The molecule has 0 aliphatic rings. The fourth-order valence-corrected chi connectivity index (χ4v) is 14.2. The molecule has 0 unspecified atom stereocenters. The Balaban J connectivity index is 0.000000223. The van der Waals surface area contributed by atoms with Crippen LogP contribution in [0.1, 0.15) is 13.8 Å². The molecule has 0 saturated carbocycles. The molecule has 0 aromatic heterocycles. The van der Waals surface area contributed by atoms with Crippen LogP contribution in [0.2, 0.25) is 0 Å². The summed E-state index contributed by atoms with van der Waals surface area (Å²) in [5.74, 6) is 0. The van der Waals surface area contributed by atoms with Gasteiger partial charge in [-0.25, -0.2) is 0 Å². The summed E-state index contributed by atoms with van der Waals surface area (Å²) >= 11 is 26.1. The zero-order valence-corrected chi connectivity index (χ0v) is 45.2. The molecule has 0 fully saturated rings. The average molecular weight is 1330 g/mol. The van der Waals surface area contributed by atoms with Crippen LogP contribution in [0.15, 0.2) is 182 Å². The van der Waals surface area contributed by atoms with Crippen LogP contribution < -0.4 is 31.8 Å². The quantitative estimate of drug-likeness (QED) is 0.105. The summed E-state index contributed by atoms with van der Waals surface area (Å²) in [6.07, 6.45) is 2.29. The Morgan fingerprint density at radius 2 is 0.404 bits per heavy atom. The minimum absolute atomic E-state index is 1.14. The van der Waals surface area contributed by atoms with Gasteiger partial charge in [-0.3, -0.25) is 0 Å². The summed E-state index contributed by atoms with van der Waals surface area (Å²) in [7, 11) is -3.07. The third-order valence-electron chi connectivity index (χ3n) is 8.13. The molecule has 280 valence electrons. The number of benzene rings is 6. The van der Waals surface area contributed by atoms with E-state index >= 15 is 0 Å². The molecule has 0 spiro atoms. The normalized spacial score (nSPS) is 12.0. The van der Waals surface area contributed by atoms with Gasteiger partial charge in [0.05, 0.1) is 12.3 Å². The van der Waals surface area contributed by atoms with E-state index in [0.29, 0.717) is 0 Å².